The van der Waals surface area contributed by atoms with Crippen LogP contribution in [0.2, 0.25) is 0 Å². The zero-order valence-electron chi connectivity index (χ0n) is 21.8. The van der Waals surface area contributed by atoms with E-state index in [-0.39, 0.29) is 0 Å². The van der Waals surface area contributed by atoms with Gasteiger partial charge < -0.3 is 0 Å². The third-order valence-corrected chi connectivity index (χ3v) is 9.69. The van der Waals surface area contributed by atoms with Crippen molar-refractivity contribution in [3.63, 3.8) is 0 Å². The molecule has 0 N–H and O–H groups in total. The van der Waals surface area contributed by atoms with Gasteiger partial charge in [-0.25, -0.2) is 0 Å². The summed E-state index contributed by atoms with van der Waals surface area (Å²) in [6.45, 7) is 4.42. The van der Waals surface area contributed by atoms with Gasteiger partial charge in [-0.1, -0.05) is 111 Å². The lowest BCUT2D eigenvalue weighted by Gasteiger charge is -2.08. The van der Waals surface area contributed by atoms with Crippen LogP contribution in [0.15, 0.2) is 121 Å². The standard InChI is InChI=1S/C36H30S2/c1-3-33-21-23-35(37-33)31-17-13-29(14-18-31)27-9-5-25(6-10-27)26-7-11-28(12-8-26)30-15-19-32(20-16-30)36-24-22-34(4-2)38-36/h5-24H,3-4H2,1-2H3. The van der Waals surface area contributed by atoms with E-state index in [4.69, 9.17) is 0 Å². The lowest BCUT2D eigenvalue weighted by molar-refractivity contribution is 1.19. The molecule has 0 bridgehead atoms. The Hall–Kier alpha value is -3.72. The molecule has 2 heterocycles. The number of hydrogen-bond acceptors (Lipinski definition) is 2. The second-order valence-electron chi connectivity index (χ2n) is 9.55. The summed E-state index contributed by atoms with van der Waals surface area (Å²) < 4.78 is 0. The van der Waals surface area contributed by atoms with Crippen LogP contribution in [0.25, 0.3) is 54.3 Å². The van der Waals surface area contributed by atoms with Gasteiger partial charge in [-0.3, -0.25) is 0 Å². The lowest BCUT2D eigenvalue weighted by atomic mass is 9.97. The van der Waals surface area contributed by atoms with Crippen LogP contribution in [0, 0.1) is 0 Å². The van der Waals surface area contributed by atoms with Crippen molar-refractivity contribution in [3.05, 3.63) is 131 Å². The molecule has 0 saturated carbocycles. The average Bonchev–Trinajstić information content (AvgIpc) is 3.68. The number of benzene rings is 4. The Labute approximate surface area is 233 Å². The SMILES string of the molecule is CCc1ccc(-c2ccc(-c3ccc(-c4ccc(-c5ccc(-c6ccc(CC)s6)cc5)cc4)cc3)cc2)s1. The lowest BCUT2D eigenvalue weighted by Crippen LogP contribution is -1.83. The summed E-state index contributed by atoms with van der Waals surface area (Å²) in [5.74, 6) is 0. The molecule has 0 fully saturated rings. The van der Waals surface area contributed by atoms with Gasteiger partial charge in [0.05, 0.1) is 0 Å². The summed E-state index contributed by atoms with van der Waals surface area (Å²) >= 11 is 3.78. The number of aryl methyl sites for hydroxylation is 2. The van der Waals surface area contributed by atoms with Crippen molar-refractivity contribution in [2.24, 2.45) is 0 Å². The van der Waals surface area contributed by atoms with E-state index in [0.717, 1.165) is 12.8 Å². The fourth-order valence-corrected chi connectivity index (χ4v) is 6.72. The largest absolute Gasteiger partial charge is 0.140 e. The minimum atomic E-state index is 1.10. The van der Waals surface area contributed by atoms with E-state index in [1.165, 1.54) is 64.0 Å². The summed E-state index contributed by atoms with van der Waals surface area (Å²) in [7, 11) is 0. The number of rotatable bonds is 7. The molecule has 0 aliphatic rings. The molecule has 0 atom stereocenters. The molecule has 4 aromatic carbocycles. The molecule has 0 amide bonds. The Morgan fingerprint density at radius 3 is 0.763 bits per heavy atom. The second-order valence-corrected chi connectivity index (χ2v) is 11.9. The van der Waals surface area contributed by atoms with Gasteiger partial charge in [0.2, 0.25) is 0 Å². The van der Waals surface area contributed by atoms with Crippen molar-refractivity contribution in [3.8, 4) is 54.3 Å². The van der Waals surface area contributed by atoms with Gasteiger partial charge in [0, 0.05) is 19.5 Å². The maximum atomic E-state index is 2.24. The highest BCUT2D eigenvalue weighted by Gasteiger charge is 2.06. The minimum absolute atomic E-state index is 1.10. The van der Waals surface area contributed by atoms with Crippen LogP contribution in [0.5, 0.6) is 0 Å². The zero-order valence-corrected chi connectivity index (χ0v) is 23.4. The van der Waals surface area contributed by atoms with E-state index in [9.17, 15) is 0 Å². The van der Waals surface area contributed by atoms with Crippen LogP contribution in [-0.4, -0.2) is 0 Å². The van der Waals surface area contributed by atoms with Crippen molar-refractivity contribution in [1.29, 1.82) is 0 Å². The quantitative estimate of drug-likeness (QED) is 0.194. The summed E-state index contributed by atoms with van der Waals surface area (Å²) in [6, 6.07) is 44.7. The van der Waals surface area contributed by atoms with E-state index >= 15 is 0 Å². The van der Waals surface area contributed by atoms with Crippen LogP contribution in [0.1, 0.15) is 23.6 Å². The molecule has 6 rings (SSSR count). The molecule has 0 spiro atoms. The van der Waals surface area contributed by atoms with Crippen molar-refractivity contribution in [2.45, 2.75) is 26.7 Å². The van der Waals surface area contributed by atoms with Crippen LogP contribution >= 0.6 is 22.7 Å². The molecule has 0 aliphatic heterocycles. The maximum absolute atomic E-state index is 2.24. The van der Waals surface area contributed by atoms with Gasteiger partial charge in [-0.05, 0) is 81.6 Å². The predicted octanol–water partition coefficient (Wildman–Crippen LogP) is 11.3. The summed E-state index contributed by atoms with van der Waals surface area (Å²) in [5, 5.41) is 0. The van der Waals surface area contributed by atoms with Gasteiger partial charge in [-0.2, -0.15) is 0 Å². The third kappa shape index (κ3) is 5.15. The summed E-state index contributed by atoms with van der Waals surface area (Å²) in [6.07, 6.45) is 2.20. The monoisotopic (exact) mass is 526 g/mol. The van der Waals surface area contributed by atoms with Gasteiger partial charge in [0.25, 0.3) is 0 Å². The highest BCUT2D eigenvalue weighted by molar-refractivity contribution is 7.15. The van der Waals surface area contributed by atoms with E-state index < -0.39 is 0 Å². The second kappa shape index (κ2) is 10.9. The van der Waals surface area contributed by atoms with E-state index in [2.05, 4.69) is 135 Å². The first-order chi connectivity index (χ1) is 18.7. The maximum Gasteiger partial charge on any atom is 0.0345 e. The molecule has 6 aromatic rings. The van der Waals surface area contributed by atoms with Crippen molar-refractivity contribution < 1.29 is 0 Å². The van der Waals surface area contributed by atoms with E-state index in [1.807, 2.05) is 22.7 Å². The molecular weight excluding hydrogens is 497 g/mol. The minimum Gasteiger partial charge on any atom is -0.140 e. The molecule has 2 heteroatoms. The Balaban J connectivity index is 1.15. The first-order valence-corrected chi connectivity index (χ1v) is 14.9. The van der Waals surface area contributed by atoms with Crippen LogP contribution in [0.3, 0.4) is 0 Å². The number of hydrogen-bond donors (Lipinski definition) is 0. The van der Waals surface area contributed by atoms with Gasteiger partial charge in [-0.15, -0.1) is 22.7 Å². The van der Waals surface area contributed by atoms with Crippen molar-refractivity contribution in [2.75, 3.05) is 0 Å². The molecule has 0 saturated heterocycles. The normalized spacial score (nSPS) is 11.1. The third-order valence-electron chi connectivity index (χ3n) is 7.13. The van der Waals surface area contributed by atoms with Crippen LogP contribution in [0.4, 0.5) is 0 Å². The van der Waals surface area contributed by atoms with Gasteiger partial charge in [0.1, 0.15) is 0 Å². The van der Waals surface area contributed by atoms with E-state index in [1.54, 1.807) is 0 Å². The molecule has 0 unspecified atom stereocenters. The van der Waals surface area contributed by atoms with Crippen LogP contribution in [-0.2, 0) is 12.8 Å². The Morgan fingerprint density at radius 2 is 0.553 bits per heavy atom. The molecule has 0 aliphatic carbocycles. The molecule has 38 heavy (non-hydrogen) atoms. The zero-order chi connectivity index (χ0) is 25.9. The fourth-order valence-electron chi connectivity index (χ4n) is 4.81. The van der Waals surface area contributed by atoms with Crippen molar-refractivity contribution >= 4 is 22.7 Å². The molecular formula is C36H30S2. The summed E-state index contributed by atoms with van der Waals surface area (Å²) in [5.41, 5.74) is 10.1. The first kappa shape index (κ1) is 24.6. The van der Waals surface area contributed by atoms with Crippen LogP contribution < -0.4 is 0 Å². The molecule has 2 aromatic heterocycles. The summed E-state index contributed by atoms with van der Waals surface area (Å²) in [4.78, 5) is 5.56. The topological polar surface area (TPSA) is 0 Å². The smallest absolute Gasteiger partial charge is 0.0345 e. The first-order valence-electron chi connectivity index (χ1n) is 13.3. The highest BCUT2D eigenvalue weighted by Crippen LogP contribution is 2.33. The Kier molecular flexibility index (Phi) is 7.09. The van der Waals surface area contributed by atoms with Gasteiger partial charge >= 0.3 is 0 Å². The van der Waals surface area contributed by atoms with Gasteiger partial charge in [0.15, 0.2) is 0 Å². The molecule has 0 radical (unpaired) electrons. The average molecular weight is 527 g/mol. The van der Waals surface area contributed by atoms with E-state index in [0.29, 0.717) is 0 Å². The fraction of sp³-hybridized carbons (Fsp3) is 0.111. The predicted molar refractivity (Wildman–Crippen MR) is 168 cm³/mol. The Bertz CT molecular complexity index is 1500. The highest BCUT2D eigenvalue weighted by atomic mass is 32.1. The van der Waals surface area contributed by atoms with Crippen molar-refractivity contribution in [1.82, 2.24) is 0 Å². The molecule has 0 nitrogen and oxygen atoms in total. The molecule has 186 valence electrons. The number of thiophene rings is 2. The Morgan fingerprint density at radius 1 is 0.316 bits per heavy atom.